The van der Waals surface area contributed by atoms with Crippen LogP contribution < -0.4 is 10.0 Å². The molecule has 0 saturated carbocycles. The van der Waals surface area contributed by atoms with Crippen molar-refractivity contribution >= 4 is 26.0 Å². The van der Waals surface area contributed by atoms with Crippen molar-refractivity contribution < 1.29 is 12.8 Å². The molecule has 0 aliphatic rings. The van der Waals surface area contributed by atoms with E-state index in [1.807, 2.05) is 6.92 Å². The second kappa shape index (κ2) is 5.64. The van der Waals surface area contributed by atoms with Gasteiger partial charge in [-0.15, -0.1) is 0 Å². The molecule has 1 aromatic heterocycles. The maximum atomic E-state index is 11.6. The number of furan rings is 1. The van der Waals surface area contributed by atoms with Gasteiger partial charge in [0.2, 0.25) is 5.09 Å². The maximum absolute atomic E-state index is 11.6. The highest BCUT2D eigenvalue weighted by molar-refractivity contribution is 9.10. The van der Waals surface area contributed by atoms with Crippen LogP contribution in [-0.2, 0) is 10.0 Å². The van der Waals surface area contributed by atoms with Gasteiger partial charge in [-0.1, -0.05) is 6.92 Å². The number of hydrogen-bond donors (Lipinski definition) is 2. The van der Waals surface area contributed by atoms with E-state index in [0.717, 1.165) is 6.54 Å². The number of nitrogens with one attached hydrogen (secondary N) is 2. The van der Waals surface area contributed by atoms with E-state index in [-0.39, 0.29) is 5.09 Å². The van der Waals surface area contributed by atoms with Gasteiger partial charge in [0.15, 0.2) is 4.67 Å². The minimum Gasteiger partial charge on any atom is -0.437 e. The molecule has 0 aromatic carbocycles. The first-order chi connectivity index (χ1) is 7.06. The molecule has 0 atom stereocenters. The Morgan fingerprint density at radius 2 is 2.13 bits per heavy atom. The average molecular weight is 297 g/mol. The summed E-state index contributed by atoms with van der Waals surface area (Å²) < 4.78 is 30.9. The van der Waals surface area contributed by atoms with E-state index in [1.165, 1.54) is 6.07 Å². The molecule has 0 unspecified atom stereocenters. The molecule has 0 fully saturated rings. The van der Waals surface area contributed by atoms with E-state index in [4.69, 9.17) is 4.42 Å². The summed E-state index contributed by atoms with van der Waals surface area (Å²) in [5, 5.41) is 2.93. The van der Waals surface area contributed by atoms with Crippen molar-refractivity contribution in [3.05, 3.63) is 16.8 Å². The van der Waals surface area contributed by atoms with Crippen LogP contribution in [0, 0.1) is 0 Å². The number of halogens is 1. The molecule has 1 rings (SSSR count). The van der Waals surface area contributed by atoms with E-state index in [2.05, 4.69) is 26.0 Å². The van der Waals surface area contributed by atoms with Crippen LogP contribution in [0.25, 0.3) is 0 Å². The van der Waals surface area contributed by atoms with Crippen LogP contribution in [0.2, 0.25) is 0 Å². The molecule has 0 spiro atoms. The molecule has 1 heterocycles. The molecular weight excluding hydrogens is 284 g/mol. The Morgan fingerprint density at radius 1 is 1.40 bits per heavy atom. The number of sulfonamides is 1. The molecule has 0 bridgehead atoms. The number of hydrogen-bond acceptors (Lipinski definition) is 4. The van der Waals surface area contributed by atoms with Gasteiger partial charge >= 0.3 is 0 Å². The van der Waals surface area contributed by atoms with Gasteiger partial charge in [0.05, 0.1) is 0 Å². The van der Waals surface area contributed by atoms with Gasteiger partial charge in [0.25, 0.3) is 10.0 Å². The van der Waals surface area contributed by atoms with Gasteiger partial charge in [-0.3, -0.25) is 0 Å². The van der Waals surface area contributed by atoms with Gasteiger partial charge in [-0.25, -0.2) is 13.1 Å². The summed E-state index contributed by atoms with van der Waals surface area (Å²) in [5.74, 6) is 0. The summed E-state index contributed by atoms with van der Waals surface area (Å²) in [6, 6.07) is 2.94. The second-order valence-electron chi connectivity index (χ2n) is 2.81. The molecule has 15 heavy (non-hydrogen) atoms. The zero-order valence-corrected chi connectivity index (χ0v) is 10.7. The molecule has 0 saturated heterocycles. The lowest BCUT2D eigenvalue weighted by Gasteiger charge is -2.03. The monoisotopic (exact) mass is 296 g/mol. The van der Waals surface area contributed by atoms with E-state index >= 15 is 0 Å². The molecule has 0 amide bonds. The first kappa shape index (κ1) is 12.7. The third-order valence-corrected chi connectivity index (χ3v) is 3.42. The molecule has 86 valence electrons. The number of rotatable bonds is 6. The van der Waals surface area contributed by atoms with Crippen molar-refractivity contribution in [2.75, 3.05) is 19.6 Å². The SMILES string of the molecule is CCNCCNS(=O)(=O)c1ccc(Br)o1. The first-order valence-electron chi connectivity index (χ1n) is 4.52. The lowest BCUT2D eigenvalue weighted by atomic mass is 10.6. The molecule has 5 nitrogen and oxygen atoms in total. The second-order valence-corrected chi connectivity index (χ2v) is 5.29. The van der Waals surface area contributed by atoms with Crippen molar-refractivity contribution in [3.8, 4) is 0 Å². The summed E-state index contributed by atoms with van der Waals surface area (Å²) in [7, 11) is -3.51. The van der Waals surface area contributed by atoms with Crippen molar-refractivity contribution in [2.24, 2.45) is 0 Å². The van der Waals surface area contributed by atoms with Gasteiger partial charge < -0.3 is 9.73 Å². The molecule has 1 aromatic rings. The van der Waals surface area contributed by atoms with Crippen LogP contribution in [0.4, 0.5) is 0 Å². The van der Waals surface area contributed by atoms with E-state index in [0.29, 0.717) is 17.8 Å². The third-order valence-electron chi connectivity index (χ3n) is 1.66. The smallest absolute Gasteiger partial charge is 0.274 e. The van der Waals surface area contributed by atoms with Crippen molar-refractivity contribution in [1.29, 1.82) is 0 Å². The highest BCUT2D eigenvalue weighted by Crippen LogP contribution is 2.17. The standard InChI is InChI=1S/C8H13BrN2O3S/c1-2-10-5-6-11-15(12,13)8-4-3-7(9)14-8/h3-4,10-11H,2,5-6H2,1H3. The lowest BCUT2D eigenvalue weighted by molar-refractivity contribution is 0.428. The minimum atomic E-state index is -3.51. The van der Waals surface area contributed by atoms with Crippen molar-refractivity contribution in [3.63, 3.8) is 0 Å². The molecule has 0 aliphatic heterocycles. The summed E-state index contributed by atoms with van der Waals surface area (Å²) in [5.41, 5.74) is 0. The zero-order chi connectivity index (χ0) is 11.3. The average Bonchev–Trinajstić information content (AvgIpc) is 2.60. The summed E-state index contributed by atoms with van der Waals surface area (Å²) in [6.45, 7) is 3.71. The van der Waals surface area contributed by atoms with Crippen LogP contribution in [-0.4, -0.2) is 28.1 Å². The molecule has 7 heteroatoms. The highest BCUT2D eigenvalue weighted by Gasteiger charge is 2.17. The van der Waals surface area contributed by atoms with Crippen molar-refractivity contribution in [2.45, 2.75) is 12.0 Å². The maximum Gasteiger partial charge on any atom is 0.274 e. The Labute approximate surface area is 97.4 Å². The largest absolute Gasteiger partial charge is 0.437 e. The fraction of sp³-hybridized carbons (Fsp3) is 0.500. The zero-order valence-electron chi connectivity index (χ0n) is 8.29. The normalized spacial score (nSPS) is 11.9. The van der Waals surface area contributed by atoms with Crippen LogP contribution in [0.15, 0.2) is 26.3 Å². The van der Waals surface area contributed by atoms with Gasteiger partial charge in [-0.2, -0.15) is 0 Å². The first-order valence-corrected chi connectivity index (χ1v) is 6.79. The summed E-state index contributed by atoms with van der Waals surface area (Å²) >= 11 is 3.05. The minimum absolute atomic E-state index is 0.0779. The predicted octanol–water partition coefficient (Wildman–Crippen LogP) is 0.930. The fourth-order valence-corrected chi connectivity index (χ4v) is 2.34. The topological polar surface area (TPSA) is 71.3 Å². The quantitative estimate of drug-likeness (QED) is 0.766. The molecule has 0 aliphatic carbocycles. The van der Waals surface area contributed by atoms with Crippen LogP contribution in [0.3, 0.4) is 0 Å². The summed E-state index contributed by atoms with van der Waals surface area (Å²) in [6.07, 6.45) is 0. The van der Waals surface area contributed by atoms with Gasteiger partial charge in [-0.05, 0) is 34.6 Å². The van der Waals surface area contributed by atoms with Crippen LogP contribution in [0.1, 0.15) is 6.92 Å². The lowest BCUT2D eigenvalue weighted by Crippen LogP contribution is -2.31. The molecule has 2 N–H and O–H groups in total. The van der Waals surface area contributed by atoms with Gasteiger partial charge in [0.1, 0.15) is 0 Å². The molecule has 0 radical (unpaired) electrons. The molecular formula is C8H13BrN2O3S. The van der Waals surface area contributed by atoms with E-state index < -0.39 is 10.0 Å². The fourth-order valence-electron chi connectivity index (χ4n) is 0.964. The Balaban J connectivity index is 2.53. The Morgan fingerprint density at radius 3 is 2.67 bits per heavy atom. The summed E-state index contributed by atoms with van der Waals surface area (Å²) in [4.78, 5) is 0. The highest BCUT2D eigenvalue weighted by atomic mass is 79.9. The van der Waals surface area contributed by atoms with E-state index in [9.17, 15) is 8.42 Å². The number of likely N-dealkylation sites (N-methyl/N-ethyl adjacent to an activating group) is 1. The van der Waals surface area contributed by atoms with Crippen molar-refractivity contribution in [1.82, 2.24) is 10.0 Å². The Bertz CT molecular complexity index is 402. The Kier molecular flexibility index (Phi) is 4.78. The van der Waals surface area contributed by atoms with E-state index in [1.54, 1.807) is 6.07 Å². The van der Waals surface area contributed by atoms with Crippen LogP contribution >= 0.6 is 15.9 Å². The van der Waals surface area contributed by atoms with Crippen LogP contribution in [0.5, 0.6) is 0 Å². The third kappa shape index (κ3) is 3.94. The van der Waals surface area contributed by atoms with Gasteiger partial charge in [0, 0.05) is 13.1 Å². The predicted molar refractivity (Wildman–Crippen MR) is 60.1 cm³/mol. The Hall–Kier alpha value is -0.370.